The summed E-state index contributed by atoms with van der Waals surface area (Å²) in [5.41, 5.74) is 2.72. The Labute approximate surface area is 154 Å². The van der Waals surface area contributed by atoms with Gasteiger partial charge in [0.1, 0.15) is 11.3 Å². The number of furan rings is 1. The predicted octanol–water partition coefficient (Wildman–Crippen LogP) is 3.51. The van der Waals surface area contributed by atoms with Gasteiger partial charge in [0, 0.05) is 16.6 Å². The molecule has 0 spiro atoms. The Morgan fingerprint density at radius 1 is 1.07 bits per heavy atom. The molecule has 2 heterocycles. The van der Waals surface area contributed by atoms with Crippen molar-refractivity contribution in [3.8, 4) is 0 Å². The normalized spacial score (nSPS) is 14.0. The lowest BCUT2D eigenvalue weighted by atomic mass is 10.1. The maximum Gasteiger partial charge on any atom is 0.319 e. The molecular formula is C20H17N3O4. The van der Waals surface area contributed by atoms with Gasteiger partial charge in [0.2, 0.25) is 0 Å². The summed E-state index contributed by atoms with van der Waals surface area (Å²) in [5, 5.41) is 8.73. The third kappa shape index (κ3) is 2.93. The van der Waals surface area contributed by atoms with Crippen molar-refractivity contribution in [3.05, 3.63) is 64.9 Å². The fraction of sp³-hybridized carbons (Fsp3) is 0.150. The van der Waals surface area contributed by atoms with Crippen LogP contribution in [0.1, 0.15) is 45.0 Å². The van der Waals surface area contributed by atoms with Crippen LogP contribution >= 0.6 is 0 Å². The van der Waals surface area contributed by atoms with Crippen LogP contribution in [-0.4, -0.2) is 17.8 Å². The second-order valence-corrected chi connectivity index (χ2v) is 6.45. The Bertz CT molecular complexity index is 1100. The van der Waals surface area contributed by atoms with Crippen molar-refractivity contribution in [1.29, 1.82) is 0 Å². The number of rotatable bonds is 3. The number of amides is 4. The predicted molar refractivity (Wildman–Crippen MR) is 99.8 cm³/mol. The molecule has 1 atom stereocenters. The zero-order chi connectivity index (χ0) is 19.1. The van der Waals surface area contributed by atoms with Crippen molar-refractivity contribution in [1.82, 2.24) is 10.6 Å². The van der Waals surface area contributed by atoms with Gasteiger partial charge in [-0.25, -0.2) is 4.79 Å². The molecule has 136 valence electrons. The highest BCUT2D eigenvalue weighted by Crippen LogP contribution is 2.29. The van der Waals surface area contributed by atoms with Crippen LogP contribution in [0.15, 0.2) is 46.9 Å². The summed E-state index contributed by atoms with van der Waals surface area (Å²) in [6.07, 6.45) is 0. The first-order valence-electron chi connectivity index (χ1n) is 8.49. The van der Waals surface area contributed by atoms with Crippen LogP contribution in [0, 0.1) is 6.92 Å². The van der Waals surface area contributed by atoms with Crippen molar-refractivity contribution in [2.45, 2.75) is 19.9 Å². The van der Waals surface area contributed by atoms with Crippen molar-refractivity contribution in [2.24, 2.45) is 0 Å². The van der Waals surface area contributed by atoms with Gasteiger partial charge in [0.25, 0.3) is 11.8 Å². The van der Waals surface area contributed by atoms with Crippen LogP contribution in [-0.2, 0) is 0 Å². The fourth-order valence-corrected chi connectivity index (χ4v) is 3.28. The second kappa shape index (κ2) is 6.28. The summed E-state index contributed by atoms with van der Waals surface area (Å²) in [5.74, 6) is -0.212. The number of para-hydroxylation sites is 1. The number of anilines is 1. The molecule has 0 saturated carbocycles. The highest BCUT2D eigenvalue weighted by atomic mass is 16.3. The molecule has 0 radical (unpaired) electrons. The summed E-state index contributed by atoms with van der Waals surface area (Å²) < 4.78 is 5.87. The number of urea groups is 1. The molecule has 4 amide bonds. The van der Waals surface area contributed by atoms with Crippen molar-refractivity contribution in [2.75, 3.05) is 5.32 Å². The Morgan fingerprint density at radius 3 is 2.59 bits per heavy atom. The molecule has 1 aliphatic rings. The van der Waals surface area contributed by atoms with E-state index in [2.05, 4.69) is 16.0 Å². The summed E-state index contributed by atoms with van der Waals surface area (Å²) in [6.45, 7) is 3.78. The minimum Gasteiger partial charge on any atom is -0.459 e. The van der Waals surface area contributed by atoms with E-state index in [4.69, 9.17) is 4.42 Å². The van der Waals surface area contributed by atoms with Crippen LogP contribution in [0.25, 0.3) is 11.0 Å². The third-order valence-electron chi connectivity index (χ3n) is 4.62. The zero-order valence-corrected chi connectivity index (χ0v) is 14.8. The van der Waals surface area contributed by atoms with Gasteiger partial charge < -0.3 is 15.1 Å². The molecular weight excluding hydrogens is 346 g/mol. The average molecular weight is 363 g/mol. The second-order valence-electron chi connectivity index (χ2n) is 6.45. The molecule has 7 nitrogen and oxygen atoms in total. The number of aryl methyl sites for hydroxylation is 1. The van der Waals surface area contributed by atoms with Crippen LogP contribution < -0.4 is 16.0 Å². The number of hydrogen-bond acceptors (Lipinski definition) is 4. The number of hydrogen-bond donors (Lipinski definition) is 3. The van der Waals surface area contributed by atoms with E-state index < -0.39 is 17.8 Å². The molecule has 27 heavy (non-hydrogen) atoms. The Kier molecular flexibility index (Phi) is 3.92. The maximum absolute atomic E-state index is 12.3. The molecule has 0 bridgehead atoms. The van der Waals surface area contributed by atoms with E-state index in [0.29, 0.717) is 17.0 Å². The molecule has 0 fully saturated rings. The summed E-state index contributed by atoms with van der Waals surface area (Å²) in [7, 11) is 0. The van der Waals surface area contributed by atoms with Crippen LogP contribution in [0.2, 0.25) is 0 Å². The lowest BCUT2D eigenvalue weighted by molar-refractivity contribution is 0.0879. The Balaban J connectivity index is 1.49. The molecule has 0 saturated heterocycles. The zero-order valence-electron chi connectivity index (χ0n) is 14.8. The van der Waals surface area contributed by atoms with Gasteiger partial charge in [-0.3, -0.25) is 14.9 Å². The minimum absolute atomic E-state index is 0.249. The van der Waals surface area contributed by atoms with E-state index in [-0.39, 0.29) is 11.6 Å². The fourth-order valence-electron chi connectivity index (χ4n) is 3.28. The summed E-state index contributed by atoms with van der Waals surface area (Å²) in [6, 6.07) is 11.5. The van der Waals surface area contributed by atoms with E-state index in [1.54, 1.807) is 6.07 Å². The SMILES string of the molecule is Cc1c([C@H](C)NC(=O)Nc2ccc3c(c2)C(=O)NC3=O)oc2ccccc12. The van der Waals surface area contributed by atoms with Gasteiger partial charge >= 0.3 is 6.03 Å². The van der Waals surface area contributed by atoms with E-state index in [0.717, 1.165) is 16.5 Å². The van der Waals surface area contributed by atoms with Gasteiger partial charge in [-0.2, -0.15) is 0 Å². The number of carbonyl (C=O) groups is 3. The van der Waals surface area contributed by atoms with Gasteiger partial charge in [0.15, 0.2) is 0 Å². The van der Waals surface area contributed by atoms with E-state index in [1.165, 1.54) is 12.1 Å². The first-order valence-corrected chi connectivity index (χ1v) is 8.49. The van der Waals surface area contributed by atoms with Gasteiger partial charge in [-0.1, -0.05) is 18.2 Å². The largest absolute Gasteiger partial charge is 0.459 e. The number of imide groups is 1. The molecule has 2 aromatic carbocycles. The number of carbonyl (C=O) groups excluding carboxylic acids is 3. The maximum atomic E-state index is 12.3. The van der Waals surface area contributed by atoms with Crippen molar-refractivity contribution in [3.63, 3.8) is 0 Å². The Hall–Kier alpha value is -3.61. The molecule has 0 unspecified atom stereocenters. The average Bonchev–Trinajstić information content (AvgIpc) is 3.12. The van der Waals surface area contributed by atoms with E-state index in [1.807, 2.05) is 38.1 Å². The van der Waals surface area contributed by atoms with Crippen LogP contribution in [0.5, 0.6) is 0 Å². The Morgan fingerprint density at radius 2 is 1.81 bits per heavy atom. The topological polar surface area (TPSA) is 100 Å². The lowest BCUT2D eigenvalue weighted by Crippen LogP contribution is -2.31. The van der Waals surface area contributed by atoms with Gasteiger partial charge in [-0.15, -0.1) is 0 Å². The highest BCUT2D eigenvalue weighted by molar-refractivity contribution is 6.22. The van der Waals surface area contributed by atoms with E-state index >= 15 is 0 Å². The quantitative estimate of drug-likeness (QED) is 0.620. The smallest absolute Gasteiger partial charge is 0.319 e. The molecule has 7 heteroatoms. The van der Waals surface area contributed by atoms with Gasteiger partial charge in [0.05, 0.1) is 17.2 Å². The van der Waals surface area contributed by atoms with Crippen LogP contribution in [0.3, 0.4) is 0 Å². The highest BCUT2D eigenvalue weighted by Gasteiger charge is 2.27. The molecule has 4 rings (SSSR count). The van der Waals surface area contributed by atoms with Gasteiger partial charge in [-0.05, 0) is 38.1 Å². The molecule has 0 aliphatic carbocycles. The molecule has 3 N–H and O–H groups in total. The first-order chi connectivity index (χ1) is 12.9. The monoisotopic (exact) mass is 363 g/mol. The van der Waals surface area contributed by atoms with Crippen molar-refractivity contribution >= 4 is 34.5 Å². The summed E-state index contributed by atoms with van der Waals surface area (Å²) >= 11 is 0. The first kappa shape index (κ1) is 16.8. The molecule has 3 aromatic rings. The standard InChI is InChI=1S/C20H17N3O4/c1-10-13-5-3-4-6-16(13)27-17(10)11(2)21-20(26)22-12-7-8-14-15(9-12)19(25)23-18(14)24/h3-9,11H,1-2H3,(H2,21,22,26)(H,23,24,25)/t11-/m0/s1. The third-order valence-corrected chi connectivity index (χ3v) is 4.62. The molecule has 1 aromatic heterocycles. The number of fused-ring (bicyclic) bond motifs is 2. The van der Waals surface area contributed by atoms with E-state index in [9.17, 15) is 14.4 Å². The number of nitrogens with one attached hydrogen (secondary N) is 3. The number of benzene rings is 2. The minimum atomic E-state index is -0.467. The lowest BCUT2D eigenvalue weighted by Gasteiger charge is -2.14. The summed E-state index contributed by atoms with van der Waals surface area (Å²) in [4.78, 5) is 35.6. The van der Waals surface area contributed by atoms with Crippen LogP contribution in [0.4, 0.5) is 10.5 Å². The molecule has 1 aliphatic heterocycles. The van der Waals surface area contributed by atoms with Crippen molar-refractivity contribution < 1.29 is 18.8 Å².